The minimum absolute atomic E-state index is 0.746. The third kappa shape index (κ3) is 0.709. The van der Waals surface area contributed by atoms with E-state index in [1.165, 1.54) is 12.2 Å². The van der Waals surface area contributed by atoms with Crippen molar-refractivity contribution in [2.75, 3.05) is 20.1 Å². The van der Waals surface area contributed by atoms with E-state index in [2.05, 4.69) is 44.0 Å². The predicted molar refractivity (Wildman–Crippen MR) is 45.2 cm³/mol. The second kappa shape index (κ2) is 1.85. The van der Waals surface area contributed by atoms with Crippen LogP contribution in [0.25, 0.3) is 0 Å². The quantitative estimate of drug-likeness (QED) is 0.454. The third-order valence-electron chi connectivity index (χ3n) is 2.04. The van der Waals surface area contributed by atoms with Crippen LogP contribution in [-0.4, -0.2) is 34.2 Å². The van der Waals surface area contributed by atoms with Crippen molar-refractivity contribution in [2.24, 2.45) is 0 Å². The molecule has 2 heterocycles. The summed E-state index contributed by atoms with van der Waals surface area (Å²) in [5.41, 5.74) is 1.52. The molecular formula is C6H9IN2. The Labute approximate surface area is 69.0 Å². The van der Waals surface area contributed by atoms with Crippen molar-refractivity contribution >= 4 is 22.9 Å². The van der Waals surface area contributed by atoms with E-state index in [-0.39, 0.29) is 0 Å². The molecule has 1 fully saturated rings. The van der Waals surface area contributed by atoms with Crippen LogP contribution in [0.1, 0.15) is 0 Å². The normalized spacial score (nSPS) is 33.8. The second-order valence-electron chi connectivity index (χ2n) is 2.61. The second-order valence-corrected chi connectivity index (χ2v) is 3.85. The van der Waals surface area contributed by atoms with Gasteiger partial charge in [-0.3, -0.25) is 0 Å². The topological polar surface area (TPSA) is 6.48 Å². The molecular weight excluding hydrogens is 227 g/mol. The van der Waals surface area contributed by atoms with Gasteiger partial charge in [0.1, 0.15) is 0 Å². The average Bonchev–Trinajstić information content (AvgIpc) is 2.07. The van der Waals surface area contributed by atoms with Gasteiger partial charge in [-0.15, -0.1) is 0 Å². The minimum Gasteiger partial charge on any atom is -0.375 e. The zero-order valence-corrected chi connectivity index (χ0v) is 7.50. The highest BCUT2D eigenvalue weighted by Gasteiger charge is 2.36. The van der Waals surface area contributed by atoms with Crippen molar-refractivity contribution in [1.29, 1.82) is 0 Å². The van der Waals surface area contributed by atoms with E-state index in [9.17, 15) is 0 Å². The molecule has 2 rings (SSSR count). The number of fused-ring (bicyclic) bond motifs is 1. The Morgan fingerprint density at radius 1 is 1.78 bits per heavy atom. The highest BCUT2D eigenvalue weighted by Crippen LogP contribution is 2.32. The summed E-state index contributed by atoms with van der Waals surface area (Å²) in [6.07, 6.45) is 2.31. The first kappa shape index (κ1) is 5.97. The molecule has 0 N–H and O–H groups in total. The summed E-state index contributed by atoms with van der Waals surface area (Å²) in [5.74, 6) is 0. The monoisotopic (exact) mass is 236 g/mol. The van der Waals surface area contributed by atoms with Crippen molar-refractivity contribution in [1.82, 2.24) is 8.01 Å². The molecule has 1 saturated heterocycles. The summed E-state index contributed by atoms with van der Waals surface area (Å²) in [4.78, 5) is 2.31. The van der Waals surface area contributed by atoms with Crippen molar-refractivity contribution in [3.63, 3.8) is 0 Å². The predicted octanol–water partition coefficient (Wildman–Crippen LogP) is 0.850. The van der Waals surface area contributed by atoms with Crippen molar-refractivity contribution in [3.05, 3.63) is 11.8 Å². The van der Waals surface area contributed by atoms with E-state index >= 15 is 0 Å². The molecule has 0 aliphatic carbocycles. The molecule has 0 bridgehead atoms. The number of hydrogen-bond acceptors (Lipinski definition) is 2. The molecule has 9 heavy (non-hydrogen) atoms. The van der Waals surface area contributed by atoms with Crippen LogP contribution in [-0.2, 0) is 0 Å². The van der Waals surface area contributed by atoms with Crippen LogP contribution in [0.4, 0.5) is 0 Å². The van der Waals surface area contributed by atoms with Crippen LogP contribution in [0.15, 0.2) is 11.8 Å². The Morgan fingerprint density at radius 2 is 2.56 bits per heavy atom. The first-order valence-electron chi connectivity index (χ1n) is 3.12. The lowest BCUT2D eigenvalue weighted by atomic mass is 10.1. The fourth-order valence-electron chi connectivity index (χ4n) is 1.43. The highest BCUT2D eigenvalue weighted by atomic mass is 127. The maximum absolute atomic E-state index is 2.39. The molecule has 2 aliphatic rings. The maximum Gasteiger partial charge on any atom is 0.0767 e. The van der Waals surface area contributed by atoms with Gasteiger partial charge in [-0.1, -0.05) is 0 Å². The molecule has 0 aromatic rings. The van der Waals surface area contributed by atoms with Crippen LogP contribution < -0.4 is 0 Å². The standard InChI is InChI=1S/C6H9IN2/c1-8-4-6-5(8)2-3-9(6)7/h2,6H,3-4H2,1H3. The molecule has 0 radical (unpaired) electrons. The van der Waals surface area contributed by atoms with Crippen LogP contribution >= 0.6 is 22.9 Å². The van der Waals surface area contributed by atoms with Gasteiger partial charge in [-0.2, -0.15) is 0 Å². The smallest absolute Gasteiger partial charge is 0.0767 e. The number of likely N-dealkylation sites (tertiary alicyclic amines) is 1. The SMILES string of the molecule is CN1CC2C1=CCN2I. The number of halogens is 1. The van der Waals surface area contributed by atoms with Crippen LogP contribution in [0, 0.1) is 0 Å². The lowest BCUT2D eigenvalue weighted by Crippen LogP contribution is -2.48. The summed E-state index contributed by atoms with van der Waals surface area (Å²) in [7, 11) is 2.15. The van der Waals surface area contributed by atoms with Crippen molar-refractivity contribution in [3.8, 4) is 0 Å². The van der Waals surface area contributed by atoms with E-state index in [0.717, 1.165) is 12.6 Å². The molecule has 2 nitrogen and oxygen atoms in total. The fraction of sp³-hybridized carbons (Fsp3) is 0.667. The summed E-state index contributed by atoms with van der Waals surface area (Å²) in [5, 5.41) is 0. The van der Waals surface area contributed by atoms with Crippen LogP contribution in [0.2, 0.25) is 0 Å². The Balaban J connectivity index is 2.15. The first-order valence-corrected chi connectivity index (χ1v) is 4.09. The highest BCUT2D eigenvalue weighted by molar-refractivity contribution is 14.1. The molecule has 3 heteroatoms. The largest absolute Gasteiger partial charge is 0.375 e. The van der Waals surface area contributed by atoms with E-state index < -0.39 is 0 Å². The van der Waals surface area contributed by atoms with E-state index in [1.54, 1.807) is 0 Å². The summed E-state index contributed by atoms with van der Waals surface area (Å²) >= 11 is 2.39. The third-order valence-corrected chi connectivity index (χ3v) is 3.11. The van der Waals surface area contributed by atoms with Crippen molar-refractivity contribution < 1.29 is 0 Å². The summed E-state index contributed by atoms with van der Waals surface area (Å²) < 4.78 is 2.35. The molecule has 0 aromatic heterocycles. The average molecular weight is 236 g/mol. The van der Waals surface area contributed by atoms with Gasteiger partial charge in [0.2, 0.25) is 0 Å². The van der Waals surface area contributed by atoms with Gasteiger partial charge in [0.15, 0.2) is 0 Å². The van der Waals surface area contributed by atoms with E-state index in [4.69, 9.17) is 0 Å². The van der Waals surface area contributed by atoms with Gasteiger partial charge >= 0.3 is 0 Å². The molecule has 1 unspecified atom stereocenters. The summed E-state index contributed by atoms with van der Waals surface area (Å²) in [6, 6.07) is 0.746. The van der Waals surface area contributed by atoms with Crippen LogP contribution in [0.3, 0.4) is 0 Å². The van der Waals surface area contributed by atoms with Gasteiger partial charge in [-0.25, -0.2) is 3.11 Å². The molecule has 0 aromatic carbocycles. The summed E-state index contributed by atoms with van der Waals surface area (Å²) in [6.45, 7) is 2.35. The molecule has 0 saturated carbocycles. The van der Waals surface area contributed by atoms with Gasteiger partial charge in [-0.05, 0) is 6.08 Å². The lowest BCUT2D eigenvalue weighted by molar-refractivity contribution is 0.222. The minimum atomic E-state index is 0.746. The first-order chi connectivity index (χ1) is 4.29. The molecule has 2 aliphatic heterocycles. The van der Waals surface area contributed by atoms with Crippen molar-refractivity contribution in [2.45, 2.75) is 6.04 Å². The fourth-order valence-corrected chi connectivity index (χ4v) is 2.09. The zero-order chi connectivity index (χ0) is 6.43. The number of rotatable bonds is 0. The van der Waals surface area contributed by atoms with Gasteiger partial charge in [0.25, 0.3) is 0 Å². The zero-order valence-electron chi connectivity index (χ0n) is 5.34. The Kier molecular flexibility index (Phi) is 1.23. The number of nitrogens with zero attached hydrogens (tertiary/aromatic N) is 2. The Morgan fingerprint density at radius 3 is 3.00 bits per heavy atom. The Bertz CT molecular complexity index is 166. The molecule has 0 amide bonds. The molecule has 0 spiro atoms. The van der Waals surface area contributed by atoms with Gasteiger partial charge < -0.3 is 4.90 Å². The lowest BCUT2D eigenvalue weighted by Gasteiger charge is -2.40. The maximum atomic E-state index is 2.39. The van der Waals surface area contributed by atoms with Gasteiger partial charge in [0.05, 0.1) is 6.04 Å². The Hall–Kier alpha value is 0.230. The number of hydrogen-bond donors (Lipinski definition) is 0. The van der Waals surface area contributed by atoms with Crippen LogP contribution in [0.5, 0.6) is 0 Å². The number of likely N-dealkylation sites (N-methyl/N-ethyl adjacent to an activating group) is 1. The van der Waals surface area contributed by atoms with E-state index in [0.29, 0.717) is 0 Å². The molecule has 1 atom stereocenters. The molecule has 50 valence electrons. The van der Waals surface area contributed by atoms with E-state index in [1.807, 2.05) is 0 Å². The van der Waals surface area contributed by atoms with Gasteiger partial charge in [0, 0.05) is 48.7 Å².